The van der Waals surface area contributed by atoms with Gasteiger partial charge in [-0.1, -0.05) is 0 Å². The molecule has 0 amide bonds. The van der Waals surface area contributed by atoms with Crippen LogP contribution >= 0.6 is 0 Å². The Morgan fingerprint density at radius 1 is 0.778 bits per heavy atom. The molecule has 0 radical (unpaired) electrons. The minimum atomic E-state index is -6.95. The van der Waals surface area contributed by atoms with Crippen molar-refractivity contribution >= 4 is 5.97 Å². The molecule has 1 heterocycles. The van der Waals surface area contributed by atoms with Crippen LogP contribution in [0.2, 0.25) is 0 Å². The Labute approximate surface area is 90.3 Å². The first-order valence-corrected chi connectivity index (χ1v) is 3.78. The minimum Gasteiger partial charge on any atom is -0.224 e. The van der Waals surface area contributed by atoms with E-state index in [0.29, 0.717) is 0 Å². The molecule has 0 aliphatic carbocycles. The maximum atomic E-state index is 12.7. The van der Waals surface area contributed by atoms with Gasteiger partial charge < -0.3 is 0 Å². The first-order valence-electron chi connectivity index (χ1n) is 3.78. The van der Waals surface area contributed by atoms with Crippen LogP contribution < -0.4 is 0 Å². The second kappa shape index (κ2) is 3.26. The van der Waals surface area contributed by atoms with Crippen LogP contribution in [0, 0.1) is 0 Å². The number of rotatable bonds is 0. The van der Waals surface area contributed by atoms with Crippen molar-refractivity contribution in [2.45, 2.75) is 29.7 Å². The Bertz CT molecular complexity index is 371. The molecule has 1 nitrogen and oxygen atoms in total. The molecular weight excluding hydrogens is 295 g/mol. The zero-order valence-electron chi connectivity index (χ0n) is 7.60. The predicted molar refractivity (Wildman–Crippen MR) is 33.3 cm³/mol. The lowest BCUT2D eigenvalue weighted by Crippen LogP contribution is -2.68. The molecule has 12 heteroatoms. The molecule has 0 aromatic rings. The molecule has 0 unspecified atom stereocenters. The molecule has 0 saturated heterocycles. The normalized spacial score (nSPS) is 26.1. The van der Waals surface area contributed by atoms with Gasteiger partial charge in [0.1, 0.15) is 0 Å². The summed E-state index contributed by atoms with van der Waals surface area (Å²) in [5.41, 5.74) is -6.50. The Morgan fingerprint density at radius 3 is 1.22 bits per heavy atom. The molecule has 0 atom stereocenters. The molecule has 1 aliphatic rings. The van der Waals surface area contributed by atoms with Gasteiger partial charge in [0.25, 0.3) is 5.97 Å². The molecule has 0 N–H and O–H groups in total. The van der Waals surface area contributed by atoms with E-state index in [-0.39, 0.29) is 0 Å². The molecule has 0 bridgehead atoms. The van der Waals surface area contributed by atoms with E-state index >= 15 is 0 Å². The molecule has 0 aromatic heterocycles. The average molecular weight is 295 g/mol. The van der Waals surface area contributed by atoms with Crippen molar-refractivity contribution in [2.75, 3.05) is 0 Å². The van der Waals surface area contributed by atoms with Crippen LogP contribution in [0.25, 0.3) is 0 Å². The van der Waals surface area contributed by atoms with Gasteiger partial charge in [-0.2, -0.15) is 48.3 Å². The standard InChI is InChI=1S/C6F11N/c7-1-2(8,9)4(10,11)3(18-1,5(12,13)14)6(15,16)17. The van der Waals surface area contributed by atoms with Crippen molar-refractivity contribution in [3.05, 3.63) is 0 Å². The van der Waals surface area contributed by atoms with Crippen molar-refractivity contribution in [1.82, 2.24) is 0 Å². The molecule has 106 valence electrons. The van der Waals surface area contributed by atoms with Gasteiger partial charge in [0, 0.05) is 0 Å². The summed E-state index contributed by atoms with van der Waals surface area (Å²) >= 11 is 0. The molecule has 0 fully saturated rings. The maximum absolute atomic E-state index is 12.7. The molecule has 1 rings (SSSR count). The lowest BCUT2D eigenvalue weighted by molar-refractivity contribution is -0.366. The molecule has 18 heavy (non-hydrogen) atoms. The topological polar surface area (TPSA) is 12.4 Å². The molecule has 0 saturated carbocycles. The summed E-state index contributed by atoms with van der Waals surface area (Å²) in [4.78, 5) is 0.868. The van der Waals surface area contributed by atoms with Gasteiger partial charge in [-0.25, -0.2) is 4.99 Å². The first-order chi connectivity index (χ1) is 7.63. The van der Waals surface area contributed by atoms with Gasteiger partial charge in [-0.3, -0.25) is 0 Å². The van der Waals surface area contributed by atoms with Gasteiger partial charge in [0.05, 0.1) is 0 Å². The minimum absolute atomic E-state index is 0.868. The Balaban J connectivity index is 3.70. The summed E-state index contributed by atoms with van der Waals surface area (Å²) in [6, 6.07) is 0. The summed E-state index contributed by atoms with van der Waals surface area (Å²) in [6.45, 7) is 0. The summed E-state index contributed by atoms with van der Waals surface area (Å²) < 4.78 is 135. The van der Waals surface area contributed by atoms with Crippen molar-refractivity contribution in [3.8, 4) is 0 Å². The van der Waals surface area contributed by atoms with Gasteiger partial charge in [-0.15, -0.1) is 0 Å². The largest absolute Gasteiger partial charge is 0.429 e. The zero-order valence-corrected chi connectivity index (χ0v) is 7.60. The van der Waals surface area contributed by atoms with Gasteiger partial charge >= 0.3 is 29.7 Å². The highest BCUT2D eigenvalue weighted by atomic mass is 19.4. The number of alkyl halides is 10. The highest BCUT2D eigenvalue weighted by Gasteiger charge is 2.93. The first kappa shape index (κ1) is 15.0. The fourth-order valence-electron chi connectivity index (χ4n) is 1.29. The lowest BCUT2D eigenvalue weighted by Gasteiger charge is -2.36. The maximum Gasteiger partial charge on any atom is 0.429 e. The third kappa shape index (κ3) is 1.37. The van der Waals surface area contributed by atoms with Crippen LogP contribution in [0.15, 0.2) is 4.99 Å². The fraction of sp³-hybridized carbons (Fsp3) is 0.833. The summed E-state index contributed by atoms with van der Waals surface area (Å²) in [7, 11) is 0. The van der Waals surface area contributed by atoms with Crippen LogP contribution in [0.1, 0.15) is 0 Å². The number of hydrogen-bond acceptors (Lipinski definition) is 1. The molecular formula is C6F11N. The van der Waals surface area contributed by atoms with Crippen LogP contribution in [0.3, 0.4) is 0 Å². The number of aliphatic imine (C=N–C) groups is 1. The third-order valence-electron chi connectivity index (χ3n) is 2.19. The SMILES string of the molecule is FC1=NC(C(F)(F)F)(C(F)(F)F)C(F)(F)C1(F)F. The van der Waals surface area contributed by atoms with E-state index in [1.807, 2.05) is 0 Å². The van der Waals surface area contributed by atoms with Crippen LogP contribution in [0.4, 0.5) is 48.3 Å². The van der Waals surface area contributed by atoms with E-state index < -0.39 is 35.7 Å². The smallest absolute Gasteiger partial charge is 0.224 e. The fourth-order valence-corrected chi connectivity index (χ4v) is 1.29. The number of halogens is 11. The van der Waals surface area contributed by atoms with Gasteiger partial charge in [0.2, 0.25) is 0 Å². The van der Waals surface area contributed by atoms with Crippen molar-refractivity contribution in [2.24, 2.45) is 4.99 Å². The quantitative estimate of drug-likeness (QED) is 0.607. The summed E-state index contributed by atoms with van der Waals surface area (Å²) in [5, 5.41) is 0. The van der Waals surface area contributed by atoms with Crippen LogP contribution in [-0.4, -0.2) is 35.7 Å². The van der Waals surface area contributed by atoms with E-state index in [1.54, 1.807) is 0 Å². The zero-order chi connectivity index (χ0) is 14.8. The predicted octanol–water partition coefficient (Wildman–Crippen LogP) is 3.50. The van der Waals surface area contributed by atoms with Crippen LogP contribution in [-0.2, 0) is 0 Å². The van der Waals surface area contributed by atoms with E-state index in [0.717, 1.165) is 4.99 Å². The van der Waals surface area contributed by atoms with Crippen molar-refractivity contribution in [1.29, 1.82) is 0 Å². The molecule has 0 spiro atoms. The highest BCUT2D eigenvalue weighted by molar-refractivity contribution is 5.87. The number of nitrogens with zero attached hydrogens (tertiary/aromatic N) is 1. The number of hydrogen-bond donors (Lipinski definition) is 0. The van der Waals surface area contributed by atoms with Crippen molar-refractivity contribution in [3.63, 3.8) is 0 Å². The lowest BCUT2D eigenvalue weighted by atomic mass is 9.89. The Hall–Kier alpha value is -1.10. The average Bonchev–Trinajstić information content (AvgIpc) is 2.21. The second-order valence-electron chi connectivity index (χ2n) is 3.26. The Kier molecular flexibility index (Phi) is 2.71. The molecule has 0 aromatic carbocycles. The van der Waals surface area contributed by atoms with E-state index in [4.69, 9.17) is 0 Å². The summed E-state index contributed by atoms with van der Waals surface area (Å²) in [6.07, 6.45) is -13.9. The Morgan fingerprint density at radius 2 is 1.11 bits per heavy atom. The van der Waals surface area contributed by atoms with Crippen LogP contribution in [0.5, 0.6) is 0 Å². The van der Waals surface area contributed by atoms with Gasteiger partial charge in [0.15, 0.2) is 0 Å². The van der Waals surface area contributed by atoms with E-state index in [9.17, 15) is 48.3 Å². The highest BCUT2D eigenvalue weighted by Crippen LogP contribution is 2.62. The third-order valence-corrected chi connectivity index (χ3v) is 2.19. The second-order valence-corrected chi connectivity index (χ2v) is 3.26. The summed E-state index contributed by atoms with van der Waals surface area (Å²) in [5.74, 6) is -16.8. The molecule has 1 aliphatic heterocycles. The van der Waals surface area contributed by atoms with E-state index in [2.05, 4.69) is 0 Å². The van der Waals surface area contributed by atoms with Crippen molar-refractivity contribution < 1.29 is 48.3 Å². The monoisotopic (exact) mass is 295 g/mol. The van der Waals surface area contributed by atoms with Gasteiger partial charge in [-0.05, 0) is 0 Å². The van der Waals surface area contributed by atoms with E-state index in [1.165, 1.54) is 0 Å².